The monoisotopic (exact) mass is 259 g/mol. The van der Waals surface area contributed by atoms with Gasteiger partial charge in [-0.2, -0.15) is 0 Å². The minimum atomic E-state index is -0.344. The van der Waals surface area contributed by atoms with E-state index < -0.39 is 0 Å². The minimum absolute atomic E-state index is 0.0609. The summed E-state index contributed by atoms with van der Waals surface area (Å²) >= 11 is 0. The predicted octanol–water partition coefficient (Wildman–Crippen LogP) is 1.90. The Hall–Kier alpha value is -1.99. The molecule has 2 rings (SSSR count). The van der Waals surface area contributed by atoms with Gasteiger partial charge in [-0.25, -0.2) is 4.79 Å². The third kappa shape index (κ3) is 3.27. The van der Waals surface area contributed by atoms with Gasteiger partial charge in [0, 0.05) is 13.7 Å². The van der Waals surface area contributed by atoms with E-state index in [2.05, 4.69) is 5.92 Å². The zero-order valence-corrected chi connectivity index (χ0v) is 10.9. The number of hydrogen-bond donors (Lipinski definition) is 0. The molecule has 2 atom stereocenters. The van der Waals surface area contributed by atoms with Gasteiger partial charge >= 0.3 is 6.09 Å². The Morgan fingerprint density at radius 3 is 2.74 bits per heavy atom. The first-order valence-electron chi connectivity index (χ1n) is 6.19. The number of rotatable bonds is 3. The average molecular weight is 259 g/mol. The molecule has 1 fully saturated rings. The smallest absolute Gasteiger partial charge is 0.410 e. The Morgan fingerprint density at radius 1 is 1.42 bits per heavy atom. The average Bonchev–Trinajstić information content (AvgIpc) is 2.89. The van der Waals surface area contributed by atoms with Gasteiger partial charge in [-0.15, -0.1) is 6.42 Å². The normalized spacial score (nSPS) is 22.0. The van der Waals surface area contributed by atoms with Crippen LogP contribution in [0.15, 0.2) is 30.3 Å². The van der Waals surface area contributed by atoms with E-state index in [0.29, 0.717) is 13.1 Å². The van der Waals surface area contributed by atoms with Crippen molar-refractivity contribution in [2.75, 3.05) is 20.2 Å². The highest BCUT2D eigenvalue weighted by Gasteiger charge is 2.35. The molecule has 1 saturated heterocycles. The molecule has 4 nitrogen and oxygen atoms in total. The molecule has 0 aromatic heterocycles. The summed E-state index contributed by atoms with van der Waals surface area (Å²) in [6.45, 7) is 1.25. The van der Waals surface area contributed by atoms with Crippen molar-refractivity contribution in [2.24, 2.45) is 5.92 Å². The maximum absolute atomic E-state index is 11.9. The van der Waals surface area contributed by atoms with Gasteiger partial charge in [0.15, 0.2) is 0 Å². The first-order chi connectivity index (χ1) is 9.24. The van der Waals surface area contributed by atoms with Gasteiger partial charge in [0.2, 0.25) is 0 Å². The van der Waals surface area contributed by atoms with Crippen molar-refractivity contribution in [3.05, 3.63) is 35.9 Å². The number of nitrogens with zero attached hydrogens (tertiary/aromatic N) is 1. The highest BCUT2D eigenvalue weighted by Crippen LogP contribution is 2.19. The quantitative estimate of drug-likeness (QED) is 0.778. The Bertz CT molecular complexity index is 466. The topological polar surface area (TPSA) is 38.8 Å². The van der Waals surface area contributed by atoms with Crippen LogP contribution in [-0.2, 0) is 16.1 Å². The van der Waals surface area contributed by atoms with Crippen LogP contribution < -0.4 is 0 Å². The molecule has 19 heavy (non-hydrogen) atoms. The van der Waals surface area contributed by atoms with Gasteiger partial charge in [0.1, 0.15) is 6.61 Å². The number of terminal acetylenes is 1. The van der Waals surface area contributed by atoms with E-state index in [4.69, 9.17) is 15.9 Å². The highest BCUT2D eigenvalue weighted by molar-refractivity contribution is 5.68. The van der Waals surface area contributed by atoms with Gasteiger partial charge in [-0.1, -0.05) is 36.3 Å². The lowest BCUT2D eigenvalue weighted by molar-refractivity contribution is 0.0798. The molecule has 4 heteroatoms. The zero-order valence-electron chi connectivity index (χ0n) is 10.9. The van der Waals surface area contributed by atoms with Crippen molar-refractivity contribution >= 4 is 6.09 Å². The first kappa shape index (κ1) is 13.4. The molecule has 100 valence electrons. The molecule has 0 bridgehead atoms. The van der Waals surface area contributed by atoms with Crippen molar-refractivity contribution in [1.82, 2.24) is 4.90 Å². The van der Waals surface area contributed by atoms with Crippen LogP contribution >= 0.6 is 0 Å². The van der Waals surface area contributed by atoms with Crippen LogP contribution in [0.4, 0.5) is 4.79 Å². The summed E-state index contributed by atoms with van der Waals surface area (Å²) in [7, 11) is 1.60. The van der Waals surface area contributed by atoms with E-state index in [-0.39, 0.29) is 24.7 Å². The molecule has 0 spiro atoms. The van der Waals surface area contributed by atoms with E-state index in [1.165, 1.54) is 0 Å². The van der Waals surface area contributed by atoms with Gasteiger partial charge in [0.05, 0.1) is 18.6 Å². The SMILES string of the molecule is C#C[C@@H]1CN(C(=O)OCc2ccccc2)C[C@H]1OC. The fourth-order valence-electron chi connectivity index (χ4n) is 2.13. The Balaban J connectivity index is 1.86. The largest absolute Gasteiger partial charge is 0.445 e. The lowest BCUT2D eigenvalue weighted by Crippen LogP contribution is -2.30. The number of amides is 1. The Morgan fingerprint density at radius 2 is 2.16 bits per heavy atom. The highest BCUT2D eigenvalue weighted by atomic mass is 16.6. The number of carbonyl (C=O) groups excluding carboxylic acids is 1. The van der Waals surface area contributed by atoms with Gasteiger partial charge in [-0.05, 0) is 5.56 Å². The molecule has 1 aliphatic heterocycles. The predicted molar refractivity (Wildman–Crippen MR) is 71.3 cm³/mol. The van der Waals surface area contributed by atoms with Crippen LogP contribution in [-0.4, -0.2) is 37.3 Å². The molecule has 1 aromatic rings. The lowest BCUT2D eigenvalue weighted by Gasteiger charge is -2.15. The minimum Gasteiger partial charge on any atom is -0.445 e. The van der Waals surface area contributed by atoms with Gasteiger partial charge in [-0.3, -0.25) is 0 Å². The van der Waals surface area contributed by atoms with Gasteiger partial charge < -0.3 is 14.4 Å². The third-order valence-corrected chi connectivity index (χ3v) is 3.25. The van der Waals surface area contributed by atoms with Crippen molar-refractivity contribution in [1.29, 1.82) is 0 Å². The Labute approximate surface area is 113 Å². The fourth-order valence-corrected chi connectivity index (χ4v) is 2.13. The van der Waals surface area contributed by atoms with Crippen molar-refractivity contribution in [2.45, 2.75) is 12.7 Å². The molecule has 0 N–H and O–H groups in total. The molecular weight excluding hydrogens is 242 g/mol. The fraction of sp³-hybridized carbons (Fsp3) is 0.400. The molecule has 0 radical (unpaired) electrons. The summed E-state index contributed by atoms with van der Waals surface area (Å²) in [6.07, 6.45) is 4.97. The van der Waals surface area contributed by atoms with Crippen LogP contribution in [0.5, 0.6) is 0 Å². The molecule has 1 heterocycles. The molecular formula is C15H17NO3. The summed E-state index contributed by atoms with van der Waals surface area (Å²) in [5, 5.41) is 0. The number of ether oxygens (including phenoxy) is 2. The molecule has 1 amide bonds. The maximum atomic E-state index is 11.9. The van der Waals surface area contributed by atoms with Crippen LogP contribution in [0, 0.1) is 18.3 Å². The van der Waals surface area contributed by atoms with E-state index in [1.807, 2.05) is 30.3 Å². The number of carbonyl (C=O) groups is 1. The first-order valence-corrected chi connectivity index (χ1v) is 6.19. The van der Waals surface area contributed by atoms with E-state index in [1.54, 1.807) is 12.0 Å². The van der Waals surface area contributed by atoms with Crippen LogP contribution in [0.3, 0.4) is 0 Å². The number of hydrogen-bond acceptors (Lipinski definition) is 3. The number of likely N-dealkylation sites (tertiary alicyclic amines) is 1. The van der Waals surface area contributed by atoms with Crippen molar-refractivity contribution < 1.29 is 14.3 Å². The standard InChI is InChI=1S/C15H17NO3/c1-3-13-9-16(10-14(13)18-2)15(17)19-11-12-7-5-4-6-8-12/h1,4-8,13-14H,9-11H2,2H3/t13-,14-/m1/s1. The second kappa shape index (κ2) is 6.26. The summed E-state index contributed by atoms with van der Waals surface area (Å²) in [5.74, 6) is 2.59. The summed E-state index contributed by atoms with van der Waals surface area (Å²) in [5.41, 5.74) is 0.965. The van der Waals surface area contributed by atoms with Crippen LogP contribution in [0.2, 0.25) is 0 Å². The van der Waals surface area contributed by atoms with E-state index in [9.17, 15) is 4.79 Å². The second-order valence-electron chi connectivity index (χ2n) is 4.49. The molecule has 0 unspecified atom stereocenters. The Kier molecular flexibility index (Phi) is 4.43. The second-order valence-corrected chi connectivity index (χ2v) is 4.49. The molecule has 0 saturated carbocycles. The lowest BCUT2D eigenvalue weighted by atomic mass is 10.1. The molecule has 0 aliphatic carbocycles. The number of methoxy groups -OCH3 is 1. The summed E-state index contributed by atoms with van der Waals surface area (Å²) in [6, 6.07) is 9.58. The maximum Gasteiger partial charge on any atom is 0.410 e. The van der Waals surface area contributed by atoms with Crippen LogP contribution in [0.25, 0.3) is 0 Å². The van der Waals surface area contributed by atoms with Gasteiger partial charge in [0.25, 0.3) is 0 Å². The number of benzene rings is 1. The van der Waals surface area contributed by atoms with Crippen molar-refractivity contribution in [3.8, 4) is 12.3 Å². The van der Waals surface area contributed by atoms with Crippen LogP contribution in [0.1, 0.15) is 5.56 Å². The third-order valence-electron chi connectivity index (χ3n) is 3.25. The molecule has 1 aliphatic rings. The van der Waals surface area contributed by atoms with E-state index >= 15 is 0 Å². The van der Waals surface area contributed by atoms with E-state index in [0.717, 1.165) is 5.56 Å². The molecule has 1 aromatic carbocycles. The van der Waals surface area contributed by atoms with Crippen molar-refractivity contribution in [3.63, 3.8) is 0 Å². The summed E-state index contributed by atoms with van der Waals surface area (Å²) < 4.78 is 10.5. The zero-order chi connectivity index (χ0) is 13.7. The summed E-state index contributed by atoms with van der Waals surface area (Å²) in [4.78, 5) is 13.5.